The predicted molar refractivity (Wildman–Crippen MR) is 309 cm³/mol. The fourth-order valence-electron chi connectivity index (χ4n) is 11.2. The molecule has 0 amide bonds. The van der Waals surface area contributed by atoms with Crippen LogP contribution in [-0.2, 0) is 5.41 Å². The molecule has 5 aliphatic heterocycles. The molecule has 0 fully saturated rings. The molecule has 74 heavy (non-hydrogen) atoms. The first-order valence-corrected chi connectivity index (χ1v) is 27.4. The van der Waals surface area contributed by atoms with Crippen molar-refractivity contribution in [2.24, 2.45) is 30.0 Å². The monoisotopic (exact) mass is 1060 g/mol. The topological polar surface area (TPSA) is 82.3 Å². The molecule has 9 aromatic carbocycles. The van der Waals surface area contributed by atoms with Crippen LogP contribution in [0.15, 0.2) is 236 Å². The van der Waals surface area contributed by atoms with E-state index in [1.54, 1.807) is 4.90 Å². The zero-order chi connectivity index (χ0) is 49.2. The van der Waals surface area contributed by atoms with Crippen molar-refractivity contribution in [2.45, 2.75) is 26.2 Å². The summed E-state index contributed by atoms with van der Waals surface area (Å²) < 4.78 is 5.37. The fraction of sp³-hybridized carbons (Fsp3) is 0.0625. The molecule has 1 aromatic heterocycles. The van der Waals surface area contributed by atoms with Gasteiger partial charge in [-0.15, -0.1) is 0 Å². The summed E-state index contributed by atoms with van der Waals surface area (Å²) in [6, 6.07) is 74.4. The van der Waals surface area contributed by atoms with Crippen LogP contribution >= 0.6 is 0 Å². The van der Waals surface area contributed by atoms with Gasteiger partial charge in [-0.2, -0.15) is 0 Å². The van der Waals surface area contributed by atoms with Gasteiger partial charge in [0.25, 0.3) is 0 Å². The van der Waals surface area contributed by atoms with Gasteiger partial charge < -0.3 is 0 Å². The fourth-order valence-corrected chi connectivity index (χ4v) is 14.9. The summed E-state index contributed by atoms with van der Waals surface area (Å²) in [6.45, 7) is 6.94. The summed E-state index contributed by atoms with van der Waals surface area (Å²) in [5.74, 6) is 2.97. The molecule has 0 spiro atoms. The van der Waals surface area contributed by atoms with Crippen molar-refractivity contribution in [3.8, 4) is 39.1 Å². The first kappa shape index (κ1) is 43.1. The third-order valence-corrected chi connectivity index (χ3v) is 18.3. The number of guanidine groups is 3. The first-order chi connectivity index (χ1) is 36.3. The van der Waals surface area contributed by atoms with E-state index in [1.807, 2.05) is 60.7 Å². The maximum absolute atomic E-state index is 5.45. The van der Waals surface area contributed by atoms with Crippen LogP contribution in [0.3, 0.4) is 0 Å². The molecule has 0 aliphatic carbocycles. The Kier molecular flexibility index (Phi) is 9.60. The number of aromatic nitrogens is 1. The SMILES string of the molecule is CC(C)(C)c1cc2c3c(c1)-n1c4ccc(-c5ccccc5)cc4c4cc(-c5ccccc5)cc(c41)B3c1cc(-c3ccccc3)cc(C3=NC4=NC(c5ccccc5)=NC5=NC(c6ccccc6)=NC(=N3)N54)c1[Te]2. The van der Waals surface area contributed by atoms with E-state index in [2.05, 4.69) is 171 Å². The number of aliphatic imine (C=N–C) groups is 6. The van der Waals surface area contributed by atoms with Gasteiger partial charge in [0.15, 0.2) is 0 Å². The minimum atomic E-state index is -1.11. The Morgan fingerprint density at radius 3 is 1.47 bits per heavy atom. The molecule has 0 saturated carbocycles. The number of benzene rings is 9. The molecule has 0 saturated heterocycles. The second-order valence-corrected chi connectivity index (χ2v) is 23.4. The minimum absolute atomic E-state index is 0.0878. The molecule has 10 heteroatoms. The van der Waals surface area contributed by atoms with Crippen LogP contribution in [0.4, 0.5) is 0 Å². The number of amidine groups is 3. The molecule has 0 unspecified atom stereocenters. The van der Waals surface area contributed by atoms with Gasteiger partial charge in [-0.05, 0) is 0 Å². The number of nitrogens with zero attached hydrogens (tertiary/aromatic N) is 8. The molecular formula is C64H43BN8Te. The molecule has 15 rings (SSSR count). The van der Waals surface area contributed by atoms with E-state index in [1.165, 1.54) is 78.9 Å². The molecule has 5 aliphatic rings. The van der Waals surface area contributed by atoms with Crippen molar-refractivity contribution < 1.29 is 0 Å². The summed E-state index contributed by atoms with van der Waals surface area (Å²) in [5.41, 5.74) is 18.8. The molecule has 0 bridgehead atoms. The standard InChI is InChI=1S/C64H43BN8Te/c1-64(2,3)46-36-53-55-54(37-46)74-57-49(60-70-62-68-58(41-25-15-7-16-26-41)66-61-67-59(42-27-17-8-18-28-42)69-63(71-60)73(61)62)33-45(40-23-13-6-14-24-40)35-51(57)65(55)50-34-44(39-21-11-5-12-22-39)32-48-47-31-43(38-19-9-4-10-20-38)29-30-52(47)72(53)56(48)50/h4-37H,1-3H3. The summed E-state index contributed by atoms with van der Waals surface area (Å²) in [4.78, 5) is 33.1. The number of fused-ring (bicyclic) bond motifs is 7. The predicted octanol–water partition coefficient (Wildman–Crippen LogP) is 9.93. The Morgan fingerprint density at radius 2 is 0.905 bits per heavy atom. The van der Waals surface area contributed by atoms with Crippen LogP contribution in [0.5, 0.6) is 0 Å². The van der Waals surface area contributed by atoms with E-state index >= 15 is 0 Å². The van der Waals surface area contributed by atoms with Gasteiger partial charge in [-0.25, -0.2) is 0 Å². The average molecular weight is 1060 g/mol. The maximum atomic E-state index is 5.45. The average Bonchev–Trinajstić information content (AvgIpc) is 3.80. The van der Waals surface area contributed by atoms with Crippen molar-refractivity contribution in [1.29, 1.82) is 0 Å². The van der Waals surface area contributed by atoms with Crippen LogP contribution in [0.25, 0.3) is 60.9 Å². The van der Waals surface area contributed by atoms with E-state index in [0.717, 1.165) is 27.8 Å². The van der Waals surface area contributed by atoms with Crippen molar-refractivity contribution in [3.63, 3.8) is 0 Å². The van der Waals surface area contributed by atoms with Gasteiger partial charge in [0.1, 0.15) is 0 Å². The Bertz CT molecular complexity index is 4190. The van der Waals surface area contributed by atoms with E-state index in [-0.39, 0.29) is 12.1 Å². The zero-order valence-corrected chi connectivity index (χ0v) is 43.0. The van der Waals surface area contributed by atoms with E-state index < -0.39 is 20.9 Å². The Balaban J connectivity index is 1.03. The number of rotatable bonds is 6. The Labute approximate surface area is 438 Å². The number of hydrogen-bond acceptors (Lipinski definition) is 7. The molecule has 0 N–H and O–H groups in total. The van der Waals surface area contributed by atoms with Gasteiger partial charge in [-0.3, -0.25) is 0 Å². The molecular weight excluding hydrogens is 1020 g/mol. The summed E-state index contributed by atoms with van der Waals surface area (Å²) >= 11 is -1.11. The van der Waals surface area contributed by atoms with Gasteiger partial charge in [-0.1, -0.05) is 0 Å². The van der Waals surface area contributed by atoms with Gasteiger partial charge >= 0.3 is 442 Å². The van der Waals surface area contributed by atoms with Crippen LogP contribution in [0.1, 0.15) is 43.0 Å². The molecule has 8 nitrogen and oxygen atoms in total. The Morgan fingerprint density at radius 1 is 0.419 bits per heavy atom. The molecule has 348 valence electrons. The molecule has 0 radical (unpaired) electrons. The Hall–Kier alpha value is -8.55. The molecule has 0 atom stereocenters. The number of hydrogen-bond donors (Lipinski definition) is 0. The summed E-state index contributed by atoms with van der Waals surface area (Å²) in [6.07, 6.45) is 0. The second-order valence-electron chi connectivity index (χ2n) is 20.4. The molecule has 10 aromatic rings. The van der Waals surface area contributed by atoms with Crippen LogP contribution in [-0.4, -0.2) is 72.5 Å². The summed E-state index contributed by atoms with van der Waals surface area (Å²) in [5, 5.41) is 2.50. The van der Waals surface area contributed by atoms with Crippen molar-refractivity contribution >= 4 is 108 Å². The zero-order valence-electron chi connectivity index (χ0n) is 40.7. The normalized spacial score (nSPS) is 15.1. The molecule has 6 heterocycles. The third kappa shape index (κ3) is 6.82. The van der Waals surface area contributed by atoms with Crippen molar-refractivity contribution in [1.82, 2.24) is 9.47 Å². The third-order valence-electron chi connectivity index (χ3n) is 14.8. The van der Waals surface area contributed by atoms with E-state index in [4.69, 9.17) is 30.0 Å². The first-order valence-electron chi connectivity index (χ1n) is 25.1. The van der Waals surface area contributed by atoms with Gasteiger partial charge in [0, 0.05) is 0 Å². The summed E-state index contributed by atoms with van der Waals surface area (Å²) in [7, 11) is 0. The second kappa shape index (κ2) is 16.5. The van der Waals surface area contributed by atoms with Crippen molar-refractivity contribution in [2.75, 3.05) is 0 Å². The van der Waals surface area contributed by atoms with E-state index in [9.17, 15) is 0 Å². The van der Waals surface area contributed by atoms with Crippen LogP contribution in [0.2, 0.25) is 0 Å². The van der Waals surface area contributed by atoms with Gasteiger partial charge in [0.05, 0.1) is 0 Å². The quantitative estimate of drug-likeness (QED) is 0.153. The van der Waals surface area contributed by atoms with Crippen LogP contribution in [0, 0.1) is 0 Å². The van der Waals surface area contributed by atoms with E-state index in [0.29, 0.717) is 35.4 Å². The van der Waals surface area contributed by atoms with Crippen molar-refractivity contribution in [3.05, 3.63) is 229 Å². The van der Waals surface area contributed by atoms with Gasteiger partial charge in [0.2, 0.25) is 0 Å². The van der Waals surface area contributed by atoms with Crippen LogP contribution < -0.4 is 23.6 Å².